The lowest BCUT2D eigenvalue weighted by Gasteiger charge is -2.39. The van der Waals surface area contributed by atoms with E-state index in [0.717, 1.165) is 10.0 Å². The minimum atomic E-state index is -0.521. The zero-order valence-electron chi connectivity index (χ0n) is 13.4. The number of allylic oxidation sites excluding steroid dienone is 1. The van der Waals surface area contributed by atoms with Gasteiger partial charge in [0.2, 0.25) is 5.91 Å². The van der Waals surface area contributed by atoms with Gasteiger partial charge >= 0.3 is 5.97 Å². The van der Waals surface area contributed by atoms with Crippen LogP contribution in [-0.4, -0.2) is 34.3 Å². The van der Waals surface area contributed by atoms with Crippen LogP contribution >= 0.6 is 27.7 Å². The summed E-state index contributed by atoms with van der Waals surface area (Å²) in [5, 5.41) is 0.651. The van der Waals surface area contributed by atoms with E-state index >= 15 is 0 Å². The van der Waals surface area contributed by atoms with Crippen molar-refractivity contribution in [3.8, 4) is 0 Å². The number of aliphatic imine (C=N–C) groups is 1. The Balaban J connectivity index is 2.18. The lowest BCUT2D eigenvalue weighted by Crippen LogP contribution is -2.46. The van der Waals surface area contributed by atoms with E-state index in [1.165, 1.54) is 11.8 Å². The van der Waals surface area contributed by atoms with Gasteiger partial charge < -0.3 is 4.74 Å². The maximum Gasteiger partial charge on any atom is 0.338 e. The average Bonchev–Trinajstić information content (AvgIpc) is 2.54. The fourth-order valence-corrected chi connectivity index (χ4v) is 4.37. The minimum Gasteiger partial charge on any atom is -0.463 e. The lowest BCUT2D eigenvalue weighted by molar-refractivity contribution is -0.139. The van der Waals surface area contributed by atoms with Crippen molar-refractivity contribution in [1.29, 1.82) is 0 Å². The number of amidine groups is 1. The standard InChI is InChI=1S/C17H17BrN2O3S/c1-3-23-16(22)14-10(2)19-17-20(13(21)8-9-24-17)15(14)11-6-4-5-7-12(11)18/h4-7,15H,3,8-9H2,1-2H3/t15-/m0/s1. The molecule has 0 spiro atoms. The molecule has 0 aliphatic carbocycles. The Bertz CT molecular complexity index is 760. The number of ether oxygens (including phenoxy) is 1. The molecule has 126 valence electrons. The van der Waals surface area contributed by atoms with E-state index in [2.05, 4.69) is 20.9 Å². The highest BCUT2D eigenvalue weighted by Crippen LogP contribution is 2.42. The molecule has 1 atom stereocenters. The number of amides is 1. The second-order valence-electron chi connectivity index (χ2n) is 5.40. The third-order valence-corrected chi connectivity index (χ3v) is 5.58. The molecule has 0 unspecified atom stereocenters. The number of thioether (sulfide) groups is 1. The fraction of sp³-hybridized carbons (Fsp3) is 0.353. The summed E-state index contributed by atoms with van der Waals surface area (Å²) in [7, 11) is 0. The number of hydrogen-bond acceptors (Lipinski definition) is 5. The number of halogens is 1. The van der Waals surface area contributed by atoms with Crippen molar-refractivity contribution in [3.05, 3.63) is 45.6 Å². The van der Waals surface area contributed by atoms with Gasteiger partial charge in [0.1, 0.15) is 0 Å². The number of carbonyl (C=O) groups excluding carboxylic acids is 2. The van der Waals surface area contributed by atoms with E-state index in [9.17, 15) is 9.59 Å². The molecule has 1 saturated heterocycles. The van der Waals surface area contributed by atoms with Gasteiger partial charge in [-0.15, -0.1) is 0 Å². The van der Waals surface area contributed by atoms with Gasteiger partial charge in [-0.2, -0.15) is 0 Å². The molecule has 5 nitrogen and oxygen atoms in total. The summed E-state index contributed by atoms with van der Waals surface area (Å²) in [4.78, 5) is 31.3. The Hall–Kier alpha value is -1.60. The first-order valence-corrected chi connectivity index (χ1v) is 9.48. The number of esters is 1. The van der Waals surface area contributed by atoms with Gasteiger partial charge in [-0.3, -0.25) is 9.69 Å². The largest absolute Gasteiger partial charge is 0.463 e. The number of hydrogen-bond donors (Lipinski definition) is 0. The van der Waals surface area contributed by atoms with Gasteiger partial charge in [0.15, 0.2) is 5.17 Å². The molecule has 2 aliphatic rings. The third-order valence-electron chi connectivity index (χ3n) is 3.90. The molecule has 1 aromatic carbocycles. The Labute approximate surface area is 153 Å². The molecular formula is C17H17BrN2O3S. The van der Waals surface area contributed by atoms with Crippen molar-refractivity contribution in [3.63, 3.8) is 0 Å². The molecule has 0 aromatic heterocycles. The van der Waals surface area contributed by atoms with Crippen LogP contribution in [0.4, 0.5) is 0 Å². The fourth-order valence-electron chi connectivity index (χ4n) is 2.86. The summed E-state index contributed by atoms with van der Waals surface area (Å²) < 4.78 is 6.07. The first kappa shape index (κ1) is 17.2. The lowest BCUT2D eigenvalue weighted by atomic mass is 9.94. The topological polar surface area (TPSA) is 59.0 Å². The molecular weight excluding hydrogens is 392 g/mol. The van der Waals surface area contributed by atoms with E-state index in [1.54, 1.807) is 18.7 Å². The van der Waals surface area contributed by atoms with Crippen LogP contribution in [0.3, 0.4) is 0 Å². The third kappa shape index (κ3) is 3.02. The van der Waals surface area contributed by atoms with Crippen LogP contribution in [-0.2, 0) is 14.3 Å². The molecule has 0 bridgehead atoms. The highest BCUT2D eigenvalue weighted by molar-refractivity contribution is 9.10. The predicted octanol–water partition coefficient (Wildman–Crippen LogP) is 3.66. The number of fused-ring (bicyclic) bond motifs is 1. The SMILES string of the molecule is CCOC(=O)C1=C(C)N=C2SCCC(=O)N2[C@H]1c1ccccc1Br. The first-order chi connectivity index (χ1) is 11.5. The smallest absolute Gasteiger partial charge is 0.338 e. The summed E-state index contributed by atoms with van der Waals surface area (Å²) >= 11 is 5.08. The van der Waals surface area contributed by atoms with Crippen LogP contribution in [0.5, 0.6) is 0 Å². The molecule has 0 N–H and O–H groups in total. The van der Waals surface area contributed by atoms with E-state index in [1.807, 2.05) is 24.3 Å². The van der Waals surface area contributed by atoms with Crippen molar-refractivity contribution in [2.45, 2.75) is 26.3 Å². The molecule has 3 rings (SSSR count). The number of benzene rings is 1. The van der Waals surface area contributed by atoms with E-state index in [0.29, 0.717) is 28.6 Å². The van der Waals surface area contributed by atoms with Crippen molar-refractivity contribution in [2.75, 3.05) is 12.4 Å². The molecule has 1 fully saturated rings. The number of nitrogens with zero attached hydrogens (tertiary/aromatic N) is 2. The zero-order valence-corrected chi connectivity index (χ0v) is 15.8. The van der Waals surface area contributed by atoms with Gasteiger partial charge in [0, 0.05) is 16.6 Å². The molecule has 2 aliphatic heterocycles. The summed E-state index contributed by atoms with van der Waals surface area (Å²) in [5.41, 5.74) is 1.87. The Morgan fingerprint density at radius 1 is 1.46 bits per heavy atom. The molecule has 7 heteroatoms. The number of rotatable bonds is 3. The van der Waals surface area contributed by atoms with Crippen molar-refractivity contribution in [1.82, 2.24) is 4.90 Å². The summed E-state index contributed by atoms with van der Waals surface area (Å²) in [6.45, 7) is 3.83. The normalized spacial score (nSPS) is 20.6. The average molecular weight is 409 g/mol. The van der Waals surface area contributed by atoms with Gasteiger partial charge in [0.05, 0.1) is 23.9 Å². The molecule has 2 heterocycles. The first-order valence-electron chi connectivity index (χ1n) is 7.70. The summed E-state index contributed by atoms with van der Waals surface area (Å²) in [6.07, 6.45) is 0.430. The molecule has 1 amide bonds. The van der Waals surface area contributed by atoms with E-state index in [-0.39, 0.29) is 12.5 Å². The Kier molecular flexibility index (Phi) is 5.10. The maximum atomic E-state index is 12.6. The quantitative estimate of drug-likeness (QED) is 0.715. The van der Waals surface area contributed by atoms with Crippen LogP contribution in [0, 0.1) is 0 Å². The second-order valence-corrected chi connectivity index (χ2v) is 7.32. The second kappa shape index (κ2) is 7.11. The van der Waals surface area contributed by atoms with Gasteiger partial charge in [-0.1, -0.05) is 45.9 Å². The predicted molar refractivity (Wildman–Crippen MR) is 97.6 cm³/mol. The van der Waals surface area contributed by atoms with E-state index in [4.69, 9.17) is 4.74 Å². The highest BCUT2D eigenvalue weighted by atomic mass is 79.9. The van der Waals surface area contributed by atoms with Crippen LogP contribution in [0.2, 0.25) is 0 Å². The Morgan fingerprint density at radius 3 is 2.92 bits per heavy atom. The maximum absolute atomic E-state index is 12.6. The number of carbonyl (C=O) groups is 2. The van der Waals surface area contributed by atoms with Crippen molar-refractivity contribution >= 4 is 44.7 Å². The summed E-state index contributed by atoms with van der Waals surface area (Å²) in [5.74, 6) is 0.253. The molecule has 24 heavy (non-hydrogen) atoms. The highest BCUT2D eigenvalue weighted by Gasteiger charge is 2.42. The van der Waals surface area contributed by atoms with Gasteiger partial charge in [-0.05, 0) is 25.5 Å². The molecule has 0 radical (unpaired) electrons. The molecule has 1 aromatic rings. The van der Waals surface area contributed by atoms with Crippen LogP contribution in [0.25, 0.3) is 0 Å². The van der Waals surface area contributed by atoms with Crippen molar-refractivity contribution < 1.29 is 14.3 Å². The van der Waals surface area contributed by atoms with Crippen LogP contribution in [0.15, 0.2) is 45.0 Å². The van der Waals surface area contributed by atoms with Crippen molar-refractivity contribution in [2.24, 2.45) is 4.99 Å². The molecule has 0 saturated carbocycles. The zero-order chi connectivity index (χ0) is 17.3. The Morgan fingerprint density at radius 2 is 2.21 bits per heavy atom. The summed E-state index contributed by atoms with van der Waals surface area (Å²) in [6, 6.07) is 7.09. The minimum absolute atomic E-state index is 0.0254. The van der Waals surface area contributed by atoms with Crippen LogP contribution < -0.4 is 0 Å². The van der Waals surface area contributed by atoms with E-state index < -0.39 is 12.0 Å². The van der Waals surface area contributed by atoms with Crippen LogP contribution in [0.1, 0.15) is 31.9 Å². The monoisotopic (exact) mass is 408 g/mol. The van der Waals surface area contributed by atoms with Gasteiger partial charge in [-0.25, -0.2) is 9.79 Å². The van der Waals surface area contributed by atoms with Gasteiger partial charge in [0.25, 0.3) is 0 Å².